The van der Waals surface area contributed by atoms with E-state index in [4.69, 9.17) is 0 Å². The van der Waals surface area contributed by atoms with Crippen LogP contribution in [0.2, 0.25) is 0 Å². The third-order valence-electron chi connectivity index (χ3n) is 4.34. The summed E-state index contributed by atoms with van der Waals surface area (Å²) in [7, 11) is 0. The van der Waals surface area contributed by atoms with Crippen LogP contribution in [0.25, 0.3) is 10.6 Å². The number of aromatic nitrogens is 1. The summed E-state index contributed by atoms with van der Waals surface area (Å²) < 4.78 is 40.6. The molecule has 1 aliphatic heterocycles. The lowest BCUT2D eigenvalue weighted by atomic mass is 10.2. The van der Waals surface area contributed by atoms with Crippen LogP contribution in [-0.4, -0.2) is 59.1 Å². The summed E-state index contributed by atoms with van der Waals surface area (Å²) in [6, 6.07) is 5.36. The summed E-state index contributed by atoms with van der Waals surface area (Å²) in [6.07, 6.45) is -4.74. The van der Waals surface area contributed by atoms with Crippen LogP contribution >= 0.6 is 11.3 Å². The topological polar surface area (TPSA) is 62.7 Å². The molecule has 1 aromatic carbocycles. The average molecular weight is 413 g/mol. The zero-order valence-corrected chi connectivity index (χ0v) is 16.1. The molecule has 0 bridgehead atoms. The minimum atomic E-state index is -4.74. The van der Waals surface area contributed by atoms with E-state index in [-0.39, 0.29) is 17.6 Å². The molecule has 0 N–H and O–H groups in total. The Morgan fingerprint density at radius 2 is 1.64 bits per heavy atom. The zero-order valence-electron chi connectivity index (χ0n) is 15.2. The number of piperazine rings is 1. The highest BCUT2D eigenvalue weighted by atomic mass is 32.1. The van der Waals surface area contributed by atoms with Gasteiger partial charge in [0.05, 0.1) is 5.69 Å². The predicted molar refractivity (Wildman–Crippen MR) is 97.1 cm³/mol. The fourth-order valence-electron chi connectivity index (χ4n) is 2.89. The van der Waals surface area contributed by atoms with Crippen molar-refractivity contribution in [3.63, 3.8) is 0 Å². The molecule has 6 nitrogen and oxygen atoms in total. The Morgan fingerprint density at radius 3 is 2.18 bits per heavy atom. The number of hydrogen-bond acceptors (Lipinski definition) is 5. The molecule has 150 valence electrons. The fourth-order valence-corrected chi connectivity index (χ4v) is 3.93. The van der Waals surface area contributed by atoms with E-state index in [1.807, 2.05) is 0 Å². The van der Waals surface area contributed by atoms with E-state index in [9.17, 15) is 22.8 Å². The van der Waals surface area contributed by atoms with Crippen LogP contribution in [0.1, 0.15) is 22.3 Å². The number of thiazole rings is 1. The maximum absolute atomic E-state index is 12.8. The highest BCUT2D eigenvalue weighted by molar-refractivity contribution is 7.17. The Morgan fingerprint density at radius 1 is 1.07 bits per heavy atom. The first-order valence-corrected chi connectivity index (χ1v) is 9.34. The SMILES string of the molecule is CC(=O)N1CCN(C(=O)c2sc(-c3ccc(OC(F)(F)F)cc3)nc2C)CC1. The smallest absolute Gasteiger partial charge is 0.406 e. The number of alkyl halides is 3. The normalized spacial score (nSPS) is 14.9. The Labute approximate surface area is 163 Å². The van der Waals surface area contributed by atoms with Crippen LogP contribution in [0.5, 0.6) is 5.75 Å². The van der Waals surface area contributed by atoms with Gasteiger partial charge in [0.2, 0.25) is 5.91 Å². The van der Waals surface area contributed by atoms with Crippen molar-refractivity contribution in [2.75, 3.05) is 26.2 Å². The Bertz CT molecular complexity index is 872. The van der Waals surface area contributed by atoms with Crippen molar-refractivity contribution in [2.45, 2.75) is 20.2 Å². The molecule has 1 aromatic heterocycles. The summed E-state index contributed by atoms with van der Waals surface area (Å²) in [5, 5.41) is 0.543. The highest BCUT2D eigenvalue weighted by Gasteiger charge is 2.31. The quantitative estimate of drug-likeness (QED) is 0.775. The third-order valence-corrected chi connectivity index (χ3v) is 5.53. The van der Waals surface area contributed by atoms with E-state index in [1.54, 1.807) is 16.7 Å². The van der Waals surface area contributed by atoms with Gasteiger partial charge < -0.3 is 14.5 Å². The number of carbonyl (C=O) groups is 2. The van der Waals surface area contributed by atoms with Crippen LogP contribution in [0, 0.1) is 6.92 Å². The highest BCUT2D eigenvalue weighted by Crippen LogP contribution is 2.31. The van der Waals surface area contributed by atoms with Crippen molar-refractivity contribution in [3.8, 4) is 16.3 Å². The molecule has 1 aliphatic rings. The van der Waals surface area contributed by atoms with Gasteiger partial charge in [-0.05, 0) is 31.2 Å². The fraction of sp³-hybridized carbons (Fsp3) is 0.389. The second-order valence-electron chi connectivity index (χ2n) is 6.30. The van der Waals surface area contributed by atoms with E-state index in [1.165, 1.54) is 42.5 Å². The Balaban J connectivity index is 1.72. The molecule has 0 atom stereocenters. The number of aryl methyl sites for hydroxylation is 1. The van der Waals surface area contributed by atoms with Crippen molar-refractivity contribution < 1.29 is 27.5 Å². The van der Waals surface area contributed by atoms with Gasteiger partial charge in [0.15, 0.2) is 0 Å². The number of ether oxygens (including phenoxy) is 1. The molecular formula is C18H18F3N3O3S. The summed E-state index contributed by atoms with van der Waals surface area (Å²) in [6.45, 7) is 5.12. The summed E-state index contributed by atoms with van der Waals surface area (Å²) in [4.78, 5) is 32.5. The molecule has 0 spiro atoms. The van der Waals surface area contributed by atoms with Gasteiger partial charge in [0, 0.05) is 38.7 Å². The second kappa shape index (κ2) is 7.78. The Kier molecular flexibility index (Phi) is 5.59. The lowest BCUT2D eigenvalue weighted by Crippen LogP contribution is -2.50. The number of hydrogen-bond donors (Lipinski definition) is 0. The molecular weight excluding hydrogens is 395 g/mol. The van der Waals surface area contributed by atoms with Crippen molar-refractivity contribution in [2.24, 2.45) is 0 Å². The first-order valence-electron chi connectivity index (χ1n) is 8.52. The van der Waals surface area contributed by atoms with Gasteiger partial charge in [-0.15, -0.1) is 24.5 Å². The lowest BCUT2D eigenvalue weighted by molar-refractivity contribution is -0.274. The van der Waals surface area contributed by atoms with E-state index in [0.717, 1.165) is 0 Å². The minimum absolute atomic E-state index is 0.0127. The van der Waals surface area contributed by atoms with Crippen LogP contribution < -0.4 is 4.74 Å². The number of benzene rings is 1. The zero-order chi connectivity index (χ0) is 20.5. The first kappa shape index (κ1) is 20.1. The van der Waals surface area contributed by atoms with Gasteiger partial charge in [0.1, 0.15) is 15.6 Å². The molecule has 2 amide bonds. The molecule has 10 heteroatoms. The molecule has 0 unspecified atom stereocenters. The summed E-state index contributed by atoms with van der Waals surface area (Å²) in [5.41, 5.74) is 1.16. The average Bonchev–Trinajstić information content (AvgIpc) is 3.02. The third kappa shape index (κ3) is 4.61. The van der Waals surface area contributed by atoms with Gasteiger partial charge in [-0.3, -0.25) is 9.59 Å². The van der Waals surface area contributed by atoms with Gasteiger partial charge in [-0.25, -0.2) is 4.98 Å². The van der Waals surface area contributed by atoms with Crippen LogP contribution in [-0.2, 0) is 4.79 Å². The molecule has 1 saturated heterocycles. The summed E-state index contributed by atoms with van der Waals surface area (Å²) >= 11 is 1.19. The summed E-state index contributed by atoms with van der Waals surface area (Å²) in [5.74, 6) is -0.480. The number of amides is 2. The van der Waals surface area contributed by atoms with Crippen molar-refractivity contribution in [3.05, 3.63) is 34.8 Å². The maximum Gasteiger partial charge on any atom is 0.573 e. The van der Waals surface area contributed by atoms with E-state index in [0.29, 0.717) is 47.3 Å². The maximum atomic E-state index is 12.8. The number of halogens is 3. The molecule has 0 radical (unpaired) electrons. The van der Waals surface area contributed by atoms with Crippen LogP contribution in [0.15, 0.2) is 24.3 Å². The number of nitrogens with zero attached hydrogens (tertiary/aromatic N) is 3. The predicted octanol–water partition coefficient (Wildman–Crippen LogP) is 3.32. The van der Waals surface area contributed by atoms with E-state index in [2.05, 4.69) is 9.72 Å². The van der Waals surface area contributed by atoms with Crippen molar-refractivity contribution in [1.82, 2.24) is 14.8 Å². The van der Waals surface area contributed by atoms with Gasteiger partial charge in [-0.1, -0.05) is 0 Å². The minimum Gasteiger partial charge on any atom is -0.406 e. The van der Waals surface area contributed by atoms with Crippen LogP contribution in [0.4, 0.5) is 13.2 Å². The van der Waals surface area contributed by atoms with Crippen LogP contribution in [0.3, 0.4) is 0 Å². The molecule has 28 heavy (non-hydrogen) atoms. The number of carbonyl (C=O) groups excluding carboxylic acids is 2. The molecule has 0 aliphatic carbocycles. The van der Waals surface area contributed by atoms with Gasteiger partial charge in [-0.2, -0.15) is 0 Å². The molecule has 3 rings (SSSR count). The second-order valence-corrected chi connectivity index (χ2v) is 7.30. The molecule has 2 heterocycles. The standard InChI is InChI=1S/C18H18F3N3O3S/c1-11-15(17(26)24-9-7-23(8-10-24)12(2)25)28-16(22-11)13-3-5-14(6-4-13)27-18(19,20)21/h3-6H,7-10H2,1-2H3. The van der Waals surface area contributed by atoms with E-state index >= 15 is 0 Å². The van der Waals surface area contributed by atoms with Gasteiger partial charge in [0.25, 0.3) is 5.91 Å². The first-order chi connectivity index (χ1) is 13.1. The van der Waals surface area contributed by atoms with Crippen molar-refractivity contribution in [1.29, 1.82) is 0 Å². The Hall–Kier alpha value is -2.62. The van der Waals surface area contributed by atoms with Gasteiger partial charge >= 0.3 is 6.36 Å². The molecule has 2 aromatic rings. The number of rotatable bonds is 3. The van der Waals surface area contributed by atoms with E-state index < -0.39 is 6.36 Å². The van der Waals surface area contributed by atoms with Crippen molar-refractivity contribution >= 4 is 23.2 Å². The molecule has 0 saturated carbocycles. The molecule has 1 fully saturated rings. The largest absolute Gasteiger partial charge is 0.573 e. The lowest BCUT2D eigenvalue weighted by Gasteiger charge is -2.34. The monoisotopic (exact) mass is 413 g/mol.